The molecule has 0 radical (unpaired) electrons. The number of hydrogen-bond acceptors (Lipinski definition) is 3. The van der Waals surface area contributed by atoms with E-state index >= 15 is 0 Å². The van der Waals surface area contributed by atoms with Crippen LogP contribution in [-0.4, -0.2) is 43.2 Å². The first-order valence-electron chi connectivity index (χ1n) is 7.95. The number of rotatable bonds is 5. The van der Waals surface area contributed by atoms with Gasteiger partial charge in [0, 0.05) is 12.1 Å². The molecule has 1 heterocycles. The summed E-state index contributed by atoms with van der Waals surface area (Å²) in [4.78, 5) is 2.63. The van der Waals surface area contributed by atoms with Gasteiger partial charge in [-0.25, -0.2) is 0 Å². The molecule has 1 saturated heterocycles. The van der Waals surface area contributed by atoms with Gasteiger partial charge in [0.05, 0.1) is 0 Å². The molecule has 3 heteroatoms. The summed E-state index contributed by atoms with van der Waals surface area (Å²) in [5.74, 6) is 0.947. The minimum Gasteiger partial charge on any atom is -0.328 e. The molecule has 0 aromatic heterocycles. The van der Waals surface area contributed by atoms with Gasteiger partial charge < -0.3 is 16.0 Å². The Bertz CT molecular complexity index is 224. The number of hydrogen-bond donors (Lipinski definition) is 2. The molecule has 2 unspecified atom stereocenters. The van der Waals surface area contributed by atoms with Gasteiger partial charge in [-0.05, 0) is 70.6 Å². The van der Waals surface area contributed by atoms with Gasteiger partial charge in [0.25, 0.3) is 0 Å². The molecule has 3 nitrogen and oxygen atoms in total. The Kier molecular flexibility index (Phi) is 5.93. The van der Waals surface area contributed by atoms with E-state index in [1.54, 1.807) is 0 Å². The van der Waals surface area contributed by atoms with Gasteiger partial charge in [-0.15, -0.1) is 0 Å². The molecule has 0 bridgehead atoms. The first-order chi connectivity index (χ1) is 8.74. The van der Waals surface area contributed by atoms with Crippen LogP contribution in [0, 0.1) is 5.92 Å². The topological polar surface area (TPSA) is 41.3 Å². The van der Waals surface area contributed by atoms with Crippen LogP contribution >= 0.6 is 0 Å². The minimum atomic E-state index is 0.444. The average molecular weight is 253 g/mol. The van der Waals surface area contributed by atoms with Gasteiger partial charge >= 0.3 is 0 Å². The molecule has 3 N–H and O–H groups in total. The molecule has 2 atom stereocenters. The van der Waals surface area contributed by atoms with E-state index in [0.717, 1.165) is 5.92 Å². The fraction of sp³-hybridized carbons (Fsp3) is 1.00. The van der Waals surface area contributed by atoms with Crippen LogP contribution in [-0.2, 0) is 0 Å². The number of likely N-dealkylation sites (tertiary alicyclic amines) is 1. The maximum Gasteiger partial charge on any atom is 0.00818 e. The Morgan fingerprint density at radius 1 is 1.17 bits per heavy atom. The highest BCUT2D eigenvalue weighted by molar-refractivity contribution is 4.79. The standard InChI is InChI=1S/C15H31N3/c1-13-6-10-18(11-7-13)9-3-8-17-15-5-2-4-14(16)12-15/h13-15,17H,2-12,16H2,1H3. The summed E-state index contributed by atoms with van der Waals surface area (Å²) in [5, 5.41) is 3.69. The Balaban J connectivity index is 1.50. The van der Waals surface area contributed by atoms with Crippen molar-refractivity contribution in [1.82, 2.24) is 10.2 Å². The predicted octanol–water partition coefficient (Wildman–Crippen LogP) is 1.97. The fourth-order valence-corrected chi connectivity index (χ4v) is 3.31. The lowest BCUT2D eigenvalue weighted by Crippen LogP contribution is -2.41. The normalized spacial score (nSPS) is 31.7. The van der Waals surface area contributed by atoms with Gasteiger partial charge in [0.15, 0.2) is 0 Å². The summed E-state index contributed by atoms with van der Waals surface area (Å²) >= 11 is 0. The summed E-state index contributed by atoms with van der Waals surface area (Å²) in [6.45, 7) is 7.46. The quantitative estimate of drug-likeness (QED) is 0.736. The van der Waals surface area contributed by atoms with Crippen molar-refractivity contribution < 1.29 is 0 Å². The third kappa shape index (κ3) is 4.87. The van der Waals surface area contributed by atoms with Crippen molar-refractivity contribution in [3.63, 3.8) is 0 Å². The van der Waals surface area contributed by atoms with Crippen molar-refractivity contribution in [2.24, 2.45) is 11.7 Å². The van der Waals surface area contributed by atoms with Crippen LogP contribution in [0.3, 0.4) is 0 Å². The zero-order chi connectivity index (χ0) is 12.8. The second-order valence-electron chi connectivity index (χ2n) is 6.46. The smallest absolute Gasteiger partial charge is 0.00818 e. The molecule has 0 aromatic rings. The Labute approximate surface area is 112 Å². The van der Waals surface area contributed by atoms with E-state index in [1.807, 2.05) is 0 Å². The highest BCUT2D eigenvalue weighted by Gasteiger charge is 2.18. The van der Waals surface area contributed by atoms with Crippen LogP contribution in [0.2, 0.25) is 0 Å². The monoisotopic (exact) mass is 253 g/mol. The van der Waals surface area contributed by atoms with E-state index in [9.17, 15) is 0 Å². The minimum absolute atomic E-state index is 0.444. The molecule has 2 fully saturated rings. The molecular weight excluding hydrogens is 222 g/mol. The van der Waals surface area contributed by atoms with Gasteiger partial charge in [-0.1, -0.05) is 13.3 Å². The lowest BCUT2D eigenvalue weighted by atomic mass is 9.91. The number of nitrogens with one attached hydrogen (secondary N) is 1. The molecule has 2 aliphatic rings. The van der Waals surface area contributed by atoms with Crippen molar-refractivity contribution in [2.45, 2.75) is 64.0 Å². The highest BCUT2D eigenvalue weighted by atomic mass is 15.1. The molecule has 0 amide bonds. The highest BCUT2D eigenvalue weighted by Crippen LogP contribution is 2.17. The largest absolute Gasteiger partial charge is 0.328 e. The summed E-state index contributed by atoms with van der Waals surface area (Å²) in [6, 6.07) is 1.13. The van der Waals surface area contributed by atoms with E-state index < -0.39 is 0 Å². The van der Waals surface area contributed by atoms with Crippen LogP contribution in [0.25, 0.3) is 0 Å². The fourth-order valence-electron chi connectivity index (χ4n) is 3.31. The third-order valence-electron chi connectivity index (χ3n) is 4.68. The summed E-state index contributed by atoms with van der Waals surface area (Å²) in [5.41, 5.74) is 6.01. The molecular formula is C15H31N3. The number of nitrogens with two attached hydrogens (primary N) is 1. The van der Waals surface area contributed by atoms with E-state index in [-0.39, 0.29) is 0 Å². The Morgan fingerprint density at radius 3 is 2.67 bits per heavy atom. The zero-order valence-corrected chi connectivity index (χ0v) is 12.0. The molecule has 106 valence electrons. The lowest BCUT2D eigenvalue weighted by Gasteiger charge is -2.31. The van der Waals surface area contributed by atoms with Crippen molar-refractivity contribution >= 4 is 0 Å². The summed E-state index contributed by atoms with van der Waals surface area (Å²) < 4.78 is 0. The molecule has 18 heavy (non-hydrogen) atoms. The number of nitrogens with zero attached hydrogens (tertiary/aromatic N) is 1. The Morgan fingerprint density at radius 2 is 1.94 bits per heavy atom. The van der Waals surface area contributed by atoms with E-state index in [0.29, 0.717) is 12.1 Å². The second-order valence-corrected chi connectivity index (χ2v) is 6.46. The molecule has 0 aromatic carbocycles. The van der Waals surface area contributed by atoms with Crippen LogP contribution in [0.4, 0.5) is 0 Å². The molecule has 0 spiro atoms. The Hall–Kier alpha value is -0.120. The number of piperidine rings is 1. The van der Waals surface area contributed by atoms with Gasteiger partial charge in [-0.3, -0.25) is 0 Å². The molecule has 2 rings (SSSR count). The van der Waals surface area contributed by atoms with Crippen LogP contribution < -0.4 is 11.1 Å². The molecule has 1 aliphatic carbocycles. The van der Waals surface area contributed by atoms with Crippen LogP contribution in [0.5, 0.6) is 0 Å². The van der Waals surface area contributed by atoms with E-state index in [2.05, 4.69) is 17.1 Å². The average Bonchev–Trinajstić information content (AvgIpc) is 2.37. The van der Waals surface area contributed by atoms with Crippen molar-refractivity contribution in [1.29, 1.82) is 0 Å². The van der Waals surface area contributed by atoms with E-state index in [1.165, 1.54) is 71.1 Å². The molecule has 1 saturated carbocycles. The maximum atomic E-state index is 6.01. The van der Waals surface area contributed by atoms with Gasteiger partial charge in [0.1, 0.15) is 0 Å². The summed E-state index contributed by atoms with van der Waals surface area (Å²) in [6.07, 6.45) is 9.12. The first-order valence-corrected chi connectivity index (χ1v) is 7.95. The predicted molar refractivity (Wildman–Crippen MR) is 77.7 cm³/mol. The maximum absolute atomic E-state index is 6.01. The van der Waals surface area contributed by atoms with Crippen LogP contribution in [0.1, 0.15) is 51.9 Å². The van der Waals surface area contributed by atoms with Crippen LogP contribution in [0.15, 0.2) is 0 Å². The third-order valence-corrected chi connectivity index (χ3v) is 4.68. The SMILES string of the molecule is CC1CCN(CCCNC2CCCC(N)C2)CC1. The lowest BCUT2D eigenvalue weighted by molar-refractivity contribution is 0.189. The zero-order valence-electron chi connectivity index (χ0n) is 12.0. The second kappa shape index (κ2) is 7.46. The van der Waals surface area contributed by atoms with Gasteiger partial charge in [-0.2, -0.15) is 0 Å². The molecule has 1 aliphatic heterocycles. The van der Waals surface area contributed by atoms with Crippen molar-refractivity contribution in [3.05, 3.63) is 0 Å². The van der Waals surface area contributed by atoms with Gasteiger partial charge in [0.2, 0.25) is 0 Å². The van der Waals surface area contributed by atoms with Crippen molar-refractivity contribution in [2.75, 3.05) is 26.2 Å². The van der Waals surface area contributed by atoms with E-state index in [4.69, 9.17) is 5.73 Å². The summed E-state index contributed by atoms with van der Waals surface area (Å²) in [7, 11) is 0. The van der Waals surface area contributed by atoms with Crippen molar-refractivity contribution in [3.8, 4) is 0 Å². The first kappa shape index (κ1) is 14.3.